The molecular formula is C9H19NO4S. The Balaban J connectivity index is 2.45. The van der Waals surface area contributed by atoms with E-state index in [1.807, 2.05) is 6.92 Å². The average molecular weight is 237 g/mol. The van der Waals surface area contributed by atoms with E-state index in [0.29, 0.717) is 19.6 Å². The summed E-state index contributed by atoms with van der Waals surface area (Å²) in [7, 11) is -3.24. The van der Waals surface area contributed by atoms with E-state index < -0.39 is 16.1 Å². The van der Waals surface area contributed by atoms with E-state index in [0.717, 1.165) is 6.42 Å². The summed E-state index contributed by atoms with van der Waals surface area (Å²) in [5.41, 5.74) is 0. The largest absolute Gasteiger partial charge is 0.392 e. The minimum absolute atomic E-state index is 0.00750. The number of hydrogen-bond acceptors (Lipinski definition) is 4. The molecule has 0 aromatic heterocycles. The molecule has 1 rings (SSSR count). The molecule has 0 amide bonds. The van der Waals surface area contributed by atoms with Crippen LogP contribution in [0.15, 0.2) is 0 Å². The fourth-order valence-corrected chi connectivity index (χ4v) is 3.00. The van der Waals surface area contributed by atoms with Crippen LogP contribution in [0.1, 0.15) is 19.8 Å². The van der Waals surface area contributed by atoms with Crippen molar-refractivity contribution in [3.63, 3.8) is 0 Å². The predicted octanol–water partition coefficient (Wildman–Crippen LogP) is -0.191. The average Bonchev–Trinajstić information content (AvgIpc) is 2.18. The molecule has 15 heavy (non-hydrogen) atoms. The lowest BCUT2D eigenvalue weighted by Gasteiger charge is -2.29. The fraction of sp³-hybridized carbons (Fsp3) is 1.00. The maximum Gasteiger partial charge on any atom is 0.216 e. The summed E-state index contributed by atoms with van der Waals surface area (Å²) in [5, 5.41) is 9.38. The third kappa shape index (κ3) is 4.06. The molecule has 0 saturated carbocycles. The van der Waals surface area contributed by atoms with Crippen molar-refractivity contribution in [3.05, 3.63) is 0 Å². The third-order valence-electron chi connectivity index (χ3n) is 2.44. The molecule has 0 radical (unpaired) electrons. The van der Waals surface area contributed by atoms with Crippen molar-refractivity contribution >= 4 is 10.0 Å². The molecule has 1 saturated heterocycles. The Morgan fingerprint density at radius 3 is 2.87 bits per heavy atom. The number of rotatable bonds is 5. The zero-order chi connectivity index (χ0) is 11.3. The van der Waals surface area contributed by atoms with E-state index in [-0.39, 0.29) is 18.9 Å². The molecule has 1 atom stereocenters. The lowest BCUT2D eigenvalue weighted by Crippen LogP contribution is -2.43. The molecule has 1 N–H and O–H groups in total. The van der Waals surface area contributed by atoms with Gasteiger partial charge in [0.25, 0.3) is 0 Å². The Kier molecular flexibility index (Phi) is 4.98. The Labute approximate surface area is 91.1 Å². The number of β-amino-alcohol motifs (C(OH)–C–C–N with tert-alkyl or cyclic N) is 1. The van der Waals surface area contributed by atoms with Gasteiger partial charge in [-0.05, 0) is 19.8 Å². The Morgan fingerprint density at radius 1 is 1.53 bits per heavy atom. The van der Waals surface area contributed by atoms with Crippen molar-refractivity contribution in [1.29, 1.82) is 0 Å². The lowest BCUT2D eigenvalue weighted by molar-refractivity contribution is 0.107. The van der Waals surface area contributed by atoms with Gasteiger partial charge in [-0.25, -0.2) is 8.42 Å². The van der Waals surface area contributed by atoms with Crippen LogP contribution in [-0.4, -0.2) is 56.0 Å². The summed E-state index contributed by atoms with van der Waals surface area (Å²) >= 11 is 0. The topological polar surface area (TPSA) is 66.8 Å². The number of nitrogens with zero attached hydrogens (tertiary/aromatic N) is 1. The molecule has 1 heterocycles. The molecule has 0 aromatic rings. The zero-order valence-electron chi connectivity index (χ0n) is 9.05. The molecule has 1 fully saturated rings. The van der Waals surface area contributed by atoms with Crippen molar-refractivity contribution in [2.75, 3.05) is 32.1 Å². The summed E-state index contributed by atoms with van der Waals surface area (Å²) in [6.07, 6.45) is 0.910. The third-order valence-corrected chi connectivity index (χ3v) is 4.24. The fourth-order valence-electron chi connectivity index (χ4n) is 1.61. The van der Waals surface area contributed by atoms with E-state index >= 15 is 0 Å². The summed E-state index contributed by atoms with van der Waals surface area (Å²) in [6, 6.07) is 0. The van der Waals surface area contributed by atoms with E-state index in [9.17, 15) is 13.5 Å². The number of aliphatic hydroxyl groups excluding tert-OH is 1. The molecule has 1 aliphatic rings. The molecular weight excluding hydrogens is 218 g/mol. The summed E-state index contributed by atoms with van der Waals surface area (Å²) in [6.45, 7) is 3.33. The standard InChI is InChI=1S/C9H19NO4S/c1-2-14-6-7-15(12,13)10-5-3-4-9(11)8-10/h9,11H,2-8H2,1H3. The van der Waals surface area contributed by atoms with Gasteiger partial charge in [-0.15, -0.1) is 0 Å². The smallest absolute Gasteiger partial charge is 0.216 e. The lowest BCUT2D eigenvalue weighted by atomic mass is 10.1. The van der Waals surface area contributed by atoms with Gasteiger partial charge in [-0.2, -0.15) is 4.31 Å². The van der Waals surface area contributed by atoms with Gasteiger partial charge >= 0.3 is 0 Å². The molecule has 6 heteroatoms. The quantitative estimate of drug-likeness (QED) is 0.673. The van der Waals surface area contributed by atoms with E-state index in [1.54, 1.807) is 0 Å². The van der Waals surface area contributed by atoms with Gasteiger partial charge in [0.1, 0.15) is 0 Å². The number of piperidine rings is 1. The van der Waals surface area contributed by atoms with E-state index in [4.69, 9.17) is 4.74 Å². The second kappa shape index (κ2) is 5.79. The van der Waals surface area contributed by atoms with Gasteiger partial charge < -0.3 is 9.84 Å². The first-order chi connectivity index (χ1) is 7.06. The summed E-state index contributed by atoms with van der Waals surface area (Å²) < 4.78 is 29.9. The molecule has 1 aliphatic heterocycles. The van der Waals surface area contributed by atoms with Crippen LogP contribution in [0.2, 0.25) is 0 Å². The first-order valence-electron chi connectivity index (χ1n) is 5.30. The summed E-state index contributed by atoms with van der Waals surface area (Å²) in [5.74, 6) is 0.00750. The van der Waals surface area contributed by atoms with Crippen LogP contribution in [0, 0.1) is 0 Å². The van der Waals surface area contributed by atoms with Crippen LogP contribution in [0.4, 0.5) is 0 Å². The van der Waals surface area contributed by atoms with Crippen molar-refractivity contribution in [2.45, 2.75) is 25.9 Å². The molecule has 90 valence electrons. The highest BCUT2D eigenvalue weighted by atomic mass is 32.2. The van der Waals surface area contributed by atoms with Crippen LogP contribution in [0.3, 0.4) is 0 Å². The van der Waals surface area contributed by atoms with E-state index in [2.05, 4.69) is 0 Å². The van der Waals surface area contributed by atoms with Crippen molar-refractivity contribution in [3.8, 4) is 0 Å². The monoisotopic (exact) mass is 237 g/mol. The van der Waals surface area contributed by atoms with Crippen LogP contribution >= 0.6 is 0 Å². The van der Waals surface area contributed by atoms with Crippen LogP contribution in [-0.2, 0) is 14.8 Å². The number of aliphatic hydroxyl groups is 1. The van der Waals surface area contributed by atoms with E-state index in [1.165, 1.54) is 4.31 Å². The highest BCUT2D eigenvalue weighted by Gasteiger charge is 2.27. The van der Waals surface area contributed by atoms with Gasteiger partial charge in [0.15, 0.2) is 0 Å². The number of ether oxygens (including phenoxy) is 1. The number of sulfonamides is 1. The maximum absolute atomic E-state index is 11.7. The maximum atomic E-state index is 11.7. The zero-order valence-corrected chi connectivity index (χ0v) is 9.87. The normalized spacial score (nSPS) is 24.3. The molecule has 0 aliphatic carbocycles. The van der Waals surface area contributed by atoms with Gasteiger partial charge in [0.2, 0.25) is 10.0 Å². The van der Waals surface area contributed by atoms with Gasteiger partial charge in [0.05, 0.1) is 18.5 Å². The van der Waals surface area contributed by atoms with Crippen LogP contribution < -0.4 is 0 Å². The first kappa shape index (κ1) is 12.9. The Hall–Kier alpha value is -0.170. The van der Waals surface area contributed by atoms with Crippen LogP contribution in [0.25, 0.3) is 0 Å². The molecule has 0 bridgehead atoms. The number of hydrogen-bond donors (Lipinski definition) is 1. The van der Waals surface area contributed by atoms with Gasteiger partial charge in [-0.3, -0.25) is 0 Å². The van der Waals surface area contributed by atoms with Crippen molar-refractivity contribution < 1.29 is 18.3 Å². The first-order valence-corrected chi connectivity index (χ1v) is 6.91. The van der Waals surface area contributed by atoms with Crippen molar-refractivity contribution in [1.82, 2.24) is 4.31 Å². The summed E-state index contributed by atoms with van der Waals surface area (Å²) in [4.78, 5) is 0. The minimum Gasteiger partial charge on any atom is -0.392 e. The molecule has 5 nitrogen and oxygen atoms in total. The minimum atomic E-state index is -3.24. The molecule has 1 unspecified atom stereocenters. The molecule has 0 aromatic carbocycles. The Morgan fingerprint density at radius 2 is 2.27 bits per heavy atom. The van der Waals surface area contributed by atoms with Gasteiger partial charge in [-0.1, -0.05) is 0 Å². The van der Waals surface area contributed by atoms with Crippen molar-refractivity contribution in [2.24, 2.45) is 0 Å². The highest BCUT2D eigenvalue weighted by Crippen LogP contribution is 2.13. The Bertz CT molecular complexity index is 278. The second-order valence-electron chi connectivity index (χ2n) is 3.67. The SMILES string of the molecule is CCOCCS(=O)(=O)N1CCCC(O)C1. The highest BCUT2D eigenvalue weighted by molar-refractivity contribution is 7.89. The van der Waals surface area contributed by atoms with Gasteiger partial charge in [0, 0.05) is 19.7 Å². The van der Waals surface area contributed by atoms with Crippen LogP contribution in [0.5, 0.6) is 0 Å². The molecule has 0 spiro atoms. The predicted molar refractivity (Wildman–Crippen MR) is 57.1 cm³/mol. The second-order valence-corrected chi connectivity index (χ2v) is 5.76.